The van der Waals surface area contributed by atoms with Gasteiger partial charge in [0, 0.05) is 43.7 Å². The van der Waals surface area contributed by atoms with Gasteiger partial charge in [-0.3, -0.25) is 9.59 Å². The lowest BCUT2D eigenvalue weighted by atomic mass is 10.1. The van der Waals surface area contributed by atoms with Crippen LogP contribution in [0.2, 0.25) is 0 Å². The van der Waals surface area contributed by atoms with Crippen molar-refractivity contribution in [1.29, 1.82) is 0 Å². The zero-order valence-corrected chi connectivity index (χ0v) is 19.7. The number of amides is 2. The average Bonchev–Trinajstić information content (AvgIpc) is 3.55. The summed E-state index contributed by atoms with van der Waals surface area (Å²) < 4.78 is 12.9. The third-order valence-corrected chi connectivity index (χ3v) is 6.48. The highest BCUT2D eigenvalue weighted by Crippen LogP contribution is 2.39. The number of ether oxygens (including phenoxy) is 2. The van der Waals surface area contributed by atoms with Gasteiger partial charge in [-0.2, -0.15) is 0 Å². The fraction of sp³-hybridized carbons (Fsp3) is 0.423. The Balaban J connectivity index is 1.44. The molecule has 3 heterocycles. The molecule has 5 rings (SSSR count). The van der Waals surface area contributed by atoms with Crippen molar-refractivity contribution in [2.45, 2.75) is 45.6 Å². The van der Waals surface area contributed by atoms with Crippen molar-refractivity contribution in [2.75, 3.05) is 31.3 Å². The molecule has 2 amide bonds. The van der Waals surface area contributed by atoms with Crippen LogP contribution in [-0.4, -0.2) is 52.7 Å². The first kappa shape index (κ1) is 22.3. The Labute approximate surface area is 199 Å². The molecule has 178 valence electrons. The van der Waals surface area contributed by atoms with E-state index in [4.69, 9.17) is 14.5 Å². The monoisotopic (exact) mass is 462 g/mol. The minimum Gasteiger partial charge on any atom is -0.454 e. The molecule has 1 unspecified atom stereocenters. The summed E-state index contributed by atoms with van der Waals surface area (Å²) >= 11 is 0. The van der Waals surface area contributed by atoms with Gasteiger partial charge in [0.25, 0.3) is 0 Å². The Bertz CT molecular complexity index is 1210. The Morgan fingerprint density at radius 2 is 1.85 bits per heavy atom. The molecule has 2 aromatic carbocycles. The topological polar surface area (TPSA) is 76.9 Å². The van der Waals surface area contributed by atoms with Crippen LogP contribution in [0.15, 0.2) is 42.5 Å². The summed E-state index contributed by atoms with van der Waals surface area (Å²) in [5, 5.41) is 0. The van der Waals surface area contributed by atoms with Crippen molar-refractivity contribution in [3.8, 4) is 11.5 Å². The van der Waals surface area contributed by atoms with Crippen molar-refractivity contribution in [3.05, 3.63) is 48.3 Å². The second kappa shape index (κ2) is 9.37. The minimum absolute atomic E-state index is 0.0346. The number of hydrogen-bond donors (Lipinski definition) is 0. The van der Waals surface area contributed by atoms with Gasteiger partial charge in [-0.15, -0.1) is 0 Å². The molecule has 0 radical (unpaired) electrons. The molecule has 3 aromatic rings. The van der Waals surface area contributed by atoms with Gasteiger partial charge in [0.05, 0.1) is 11.0 Å². The average molecular weight is 463 g/mol. The highest BCUT2D eigenvalue weighted by molar-refractivity contribution is 5.97. The van der Waals surface area contributed by atoms with E-state index in [9.17, 15) is 9.59 Å². The smallest absolute Gasteiger partial charge is 0.242 e. The SMILES string of the molecule is CCCN(CCC)C(=O)Cn1c(C2CC(=O)N(c3ccc4c(c3)OCO4)C2)nc2ccccc21. The predicted octanol–water partition coefficient (Wildman–Crippen LogP) is 3.93. The largest absolute Gasteiger partial charge is 0.454 e. The van der Waals surface area contributed by atoms with Crippen LogP contribution in [0.3, 0.4) is 0 Å². The lowest BCUT2D eigenvalue weighted by molar-refractivity contribution is -0.131. The molecule has 2 aliphatic rings. The summed E-state index contributed by atoms with van der Waals surface area (Å²) in [7, 11) is 0. The number of fused-ring (bicyclic) bond motifs is 2. The predicted molar refractivity (Wildman–Crippen MR) is 129 cm³/mol. The van der Waals surface area contributed by atoms with Gasteiger partial charge < -0.3 is 23.8 Å². The molecule has 34 heavy (non-hydrogen) atoms. The number of nitrogens with zero attached hydrogens (tertiary/aromatic N) is 4. The van der Waals surface area contributed by atoms with E-state index in [0.717, 1.165) is 48.5 Å². The molecule has 2 aliphatic heterocycles. The van der Waals surface area contributed by atoms with Gasteiger partial charge >= 0.3 is 0 Å². The summed E-state index contributed by atoms with van der Waals surface area (Å²) in [5.74, 6) is 2.15. The van der Waals surface area contributed by atoms with E-state index in [1.807, 2.05) is 51.9 Å². The van der Waals surface area contributed by atoms with Crippen molar-refractivity contribution in [2.24, 2.45) is 0 Å². The van der Waals surface area contributed by atoms with E-state index in [-0.39, 0.29) is 31.1 Å². The van der Waals surface area contributed by atoms with Crippen molar-refractivity contribution >= 4 is 28.5 Å². The molecular weight excluding hydrogens is 432 g/mol. The standard InChI is InChI=1S/C26H30N4O4/c1-3-11-28(12-4-2)25(32)16-30-21-8-6-5-7-20(21)27-26(30)18-13-24(31)29(15-18)19-9-10-22-23(14-19)34-17-33-22/h5-10,14,18H,3-4,11-13,15-17H2,1-2H3. The maximum Gasteiger partial charge on any atom is 0.242 e. The summed E-state index contributed by atoms with van der Waals surface area (Å²) in [4.78, 5) is 34.9. The second-order valence-corrected chi connectivity index (χ2v) is 8.87. The fourth-order valence-electron chi connectivity index (χ4n) is 4.89. The maximum absolute atomic E-state index is 13.2. The summed E-state index contributed by atoms with van der Waals surface area (Å²) in [6, 6.07) is 13.4. The second-order valence-electron chi connectivity index (χ2n) is 8.87. The molecule has 0 N–H and O–H groups in total. The number of hydrogen-bond acceptors (Lipinski definition) is 5. The van der Waals surface area contributed by atoms with Gasteiger partial charge in [-0.25, -0.2) is 4.98 Å². The Hall–Kier alpha value is -3.55. The molecule has 1 aromatic heterocycles. The normalized spacial score (nSPS) is 17.1. The Morgan fingerprint density at radius 1 is 1.09 bits per heavy atom. The van der Waals surface area contributed by atoms with Crippen LogP contribution in [0.25, 0.3) is 11.0 Å². The lowest BCUT2D eigenvalue weighted by Crippen LogP contribution is -2.35. The molecule has 1 saturated heterocycles. The molecular formula is C26H30N4O4. The zero-order valence-electron chi connectivity index (χ0n) is 19.7. The first-order chi connectivity index (χ1) is 16.6. The molecule has 0 spiro atoms. The molecule has 1 fully saturated rings. The number of carbonyl (C=O) groups excluding carboxylic acids is 2. The maximum atomic E-state index is 13.2. The third kappa shape index (κ3) is 4.08. The van der Waals surface area contributed by atoms with Crippen LogP contribution >= 0.6 is 0 Å². The van der Waals surface area contributed by atoms with Crippen LogP contribution in [0.5, 0.6) is 11.5 Å². The lowest BCUT2D eigenvalue weighted by Gasteiger charge is -2.23. The van der Waals surface area contributed by atoms with Crippen LogP contribution in [0, 0.1) is 0 Å². The van der Waals surface area contributed by atoms with Gasteiger partial charge in [-0.1, -0.05) is 26.0 Å². The van der Waals surface area contributed by atoms with E-state index >= 15 is 0 Å². The quantitative estimate of drug-likeness (QED) is 0.507. The van der Waals surface area contributed by atoms with Crippen molar-refractivity contribution in [1.82, 2.24) is 14.5 Å². The van der Waals surface area contributed by atoms with Crippen molar-refractivity contribution in [3.63, 3.8) is 0 Å². The zero-order chi connectivity index (χ0) is 23.7. The number of benzene rings is 2. The van der Waals surface area contributed by atoms with E-state index in [2.05, 4.69) is 13.8 Å². The number of para-hydroxylation sites is 2. The van der Waals surface area contributed by atoms with Crippen LogP contribution in [-0.2, 0) is 16.1 Å². The highest BCUT2D eigenvalue weighted by atomic mass is 16.7. The number of imidazole rings is 1. The summed E-state index contributed by atoms with van der Waals surface area (Å²) in [6.45, 7) is 6.59. The summed E-state index contributed by atoms with van der Waals surface area (Å²) in [5.41, 5.74) is 2.55. The molecule has 8 nitrogen and oxygen atoms in total. The minimum atomic E-state index is -0.107. The fourth-order valence-corrected chi connectivity index (χ4v) is 4.89. The van der Waals surface area contributed by atoms with Crippen LogP contribution < -0.4 is 14.4 Å². The molecule has 0 aliphatic carbocycles. The van der Waals surface area contributed by atoms with E-state index in [0.29, 0.717) is 24.5 Å². The third-order valence-electron chi connectivity index (χ3n) is 6.48. The highest BCUT2D eigenvalue weighted by Gasteiger charge is 2.36. The first-order valence-electron chi connectivity index (χ1n) is 12.0. The van der Waals surface area contributed by atoms with Gasteiger partial charge in [0.15, 0.2) is 11.5 Å². The first-order valence-corrected chi connectivity index (χ1v) is 12.0. The molecule has 0 saturated carbocycles. The number of anilines is 1. The van der Waals surface area contributed by atoms with Gasteiger partial charge in [0.2, 0.25) is 18.6 Å². The summed E-state index contributed by atoms with van der Waals surface area (Å²) in [6.07, 6.45) is 2.19. The van der Waals surface area contributed by atoms with Crippen molar-refractivity contribution < 1.29 is 19.1 Å². The number of aromatic nitrogens is 2. The molecule has 0 bridgehead atoms. The van der Waals surface area contributed by atoms with Crippen LogP contribution in [0.4, 0.5) is 5.69 Å². The number of rotatable bonds is 8. The van der Waals surface area contributed by atoms with Crippen LogP contribution in [0.1, 0.15) is 44.9 Å². The Morgan fingerprint density at radius 3 is 2.65 bits per heavy atom. The van der Waals surface area contributed by atoms with E-state index in [1.54, 1.807) is 4.90 Å². The Kier molecular flexibility index (Phi) is 6.13. The number of carbonyl (C=O) groups is 2. The van der Waals surface area contributed by atoms with Gasteiger partial charge in [0.1, 0.15) is 12.4 Å². The van der Waals surface area contributed by atoms with Gasteiger partial charge in [-0.05, 0) is 37.1 Å². The van der Waals surface area contributed by atoms with E-state index in [1.165, 1.54) is 0 Å². The molecule has 8 heteroatoms. The molecule has 1 atom stereocenters. The van der Waals surface area contributed by atoms with E-state index < -0.39 is 0 Å².